The van der Waals surface area contributed by atoms with Crippen molar-refractivity contribution in [2.45, 2.75) is 167 Å². The fourth-order valence-corrected chi connectivity index (χ4v) is 14.2. The highest BCUT2D eigenvalue weighted by atomic mass is 32.1. The smallest absolute Gasteiger partial charge is 0.317 e. The molecule has 4 aliphatic rings. The minimum absolute atomic E-state index is 0.182. The minimum Gasteiger partial charge on any atom is -0.343 e. The summed E-state index contributed by atoms with van der Waals surface area (Å²) in [6, 6.07) is 13.6. The zero-order chi connectivity index (χ0) is 67.3. The summed E-state index contributed by atoms with van der Waals surface area (Å²) in [5, 5.41) is 31.3. The first-order valence-electron chi connectivity index (χ1n) is 33.4. The number of hydrogen-bond donors (Lipinski definition) is 10. The van der Waals surface area contributed by atoms with E-state index in [1.807, 2.05) is 74.5 Å². The highest BCUT2D eigenvalue weighted by Gasteiger charge is 2.44. The third kappa shape index (κ3) is 19.3. The molecule has 4 saturated heterocycles. The molecular formula is C66H94N16O10S2. The van der Waals surface area contributed by atoms with Crippen LogP contribution in [0.15, 0.2) is 60.7 Å². The number of hydrogen-bond acceptors (Lipinski definition) is 16. The van der Waals surface area contributed by atoms with Crippen LogP contribution >= 0.6 is 22.7 Å². The molecule has 0 spiro atoms. The number of unbranched alkanes of at least 4 members (excludes halogenated alkanes) is 3. The van der Waals surface area contributed by atoms with E-state index in [2.05, 4.69) is 63.1 Å². The van der Waals surface area contributed by atoms with Crippen LogP contribution in [-0.4, -0.2) is 192 Å². The molecule has 94 heavy (non-hydrogen) atoms. The highest BCUT2D eigenvalue weighted by Crippen LogP contribution is 2.39. The average molecular weight is 1340 g/mol. The number of likely N-dealkylation sites (N-methyl/N-ethyl adjacent to an activating group) is 2. The van der Waals surface area contributed by atoms with E-state index in [1.54, 1.807) is 47.5 Å². The Morgan fingerprint density at radius 3 is 1.22 bits per heavy atom. The Kier molecular flexibility index (Phi) is 27.0. The lowest BCUT2D eigenvalue weighted by atomic mass is 9.88. The third-order valence-corrected chi connectivity index (χ3v) is 19.8. The van der Waals surface area contributed by atoms with Gasteiger partial charge in [-0.05, 0) is 117 Å². The van der Waals surface area contributed by atoms with Gasteiger partial charge in [0.2, 0.25) is 47.3 Å². The van der Waals surface area contributed by atoms with E-state index >= 15 is 0 Å². The number of likely N-dealkylation sites (tertiary alicyclic amines) is 4. The van der Waals surface area contributed by atoms with E-state index in [0.29, 0.717) is 161 Å². The second-order valence-corrected chi connectivity index (χ2v) is 26.6. The topological polar surface area (TPSA) is 330 Å². The predicted octanol–water partition coefficient (Wildman–Crippen LogP) is 6.56. The first-order chi connectivity index (χ1) is 45.4. The van der Waals surface area contributed by atoms with Gasteiger partial charge in [-0.3, -0.25) is 38.4 Å². The number of carbonyl (C=O) groups is 10. The molecule has 4 fully saturated rings. The van der Waals surface area contributed by atoms with E-state index in [4.69, 9.17) is 0 Å². The molecule has 510 valence electrons. The number of carbonyl (C=O) groups excluding carboxylic acids is 10. The number of thiazole rings is 2. The summed E-state index contributed by atoms with van der Waals surface area (Å²) in [5.74, 6) is -3.15. The molecule has 4 aliphatic heterocycles. The van der Waals surface area contributed by atoms with E-state index in [9.17, 15) is 47.9 Å². The lowest BCUT2D eigenvalue weighted by Gasteiger charge is -2.38. The number of amides is 12. The Hall–Kier alpha value is -8.08. The standard InChI is InChI=1S/C66H94N16O10S2/c1-7-21-49(83)71-63-75-51(43-23-13-11-14-24-43)59(93-63)77-57(87)47-27-19-35-81(47)61(89)53(73-55(85)41(3)67-5)45-29-37-79(38-30-45)65(91)69-33-17-9-10-18-34-70-66(92)80-39-31-46(32-40-80)54(74-56(86)42(4)68-6)62(90)82-36-20-28-48(82)58(88)78-60-52(44-25-15-12-16-26-44)76-64(94-60)72-50(84)22-8-2/h11-16,23-26,41-42,45-48,53-54,67-68H,7-10,17-22,27-40H2,1-6H3,(H,69,91)(H,70,92)(H,73,85)(H,74,86)(H,77,87)(H,78,88)(H,71,75,83)(H,72,76,84)/t41-,42-,47-,48?,53-,54?/m0/s1. The van der Waals surface area contributed by atoms with Crippen molar-refractivity contribution in [2.24, 2.45) is 11.8 Å². The molecule has 6 atom stereocenters. The molecule has 2 unspecified atom stereocenters. The van der Waals surface area contributed by atoms with Gasteiger partial charge in [-0.15, -0.1) is 0 Å². The van der Waals surface area contributed by atoms with Crippen LogP contribution in [0.1, 0.15) is 130 Å². The van der Waals surface area contributed by atoms with E-state index in [1.165, 1.54) is 0 Å². The van der Waals surface area contributed by atoms with E-state index in [0.717, 1.165) is 59.5 Å². The van der Waals surface area contributed by atoms with Gasteiger partial charge in [0.1, 0.15) is 45.6 Å². The second-order valence-electron chi connectivity index (χ2n) is 24.6. The monoisotopic (exact) mass is 1330 g/mol. The quantitative estimate of drug-likeness (QED) is 0.0258. The SMILES string of the molecule is CCCC(=O)Nc1nc(-c2ccccc2)c(NC(=O)C2CCCN2C(=O)C(NC(=O)[C@H](C)NC)C2CCN(C(=O)NCCCCCCNC(=O)N3CCC([C@H](NC(=O)[C@H](C)NC)C(=O)N4CCC[C@H]4C(=O)Nc4sc(NC(=O)CCC)nc4-c4ccccc4)CC3)CC2)s1. The molecule has 4 aromatic rings. The average Bonchev–Trinajstić information content (AvgIpc) is 1.57. The number of rotatable bonds is 29. The Morgan fingerprint density at radius 1 is 0.500 bits per heavy atom. The maximum atomic E-state index is 14.7. The first-order valence-corrected chi connectivity index (χ1v) is 35.0. The van der Waals surface area contributed by atoms with Gasteiger partial charge in [0, 0.05) is 76.3 Å². The van der Waals surface area contributed by atoms with Gasteiger partial charge in [-0.2, -0.15) is 0 Å². The summed E-state index contributed by atoms with van der Waals surface area (Å²) < 4.78 is 0. The zero-order valence-corrected chi connectivity index (χ0v) is 56.6. The van der Waals surface area contributed by atoms with Crippen LogP contribution in [0.4, 0.5) is 29.9 Å². The number of aromatic nitrogens is 2. The van der Waals surface area contributed by atoms with Crippen molar-refractivity contribution in [3.63, 3.8) is 0 Å². The molecule has 0 aliphatic carbocycles. The molecule has 2 aromatic heterocycles. The molecular weight excluding hydrogens is 1240 g/mol. The van der Waals surface area contributed by atoms with Crippen LogP contribution in [0.2, 0.25) is 0 Å². The molecule has 28 heteroatoms. The number of nitrogens with zero attached hydrogens (tertiary/aromatic N) is 6. The molecule has 0 bridgehead atoms. The van der Waals surface area contributed by atoms with Gasteiger partial charge in [0.15, 0.2) is 10.3 Å². The van der Waals surface area contributed by atoms with E-state index < -0.39 is 48.1 Å². The lowest BCUT2D eigenvalue weighted by molar-refractivity contribution is -0.142. The van der Waals surface area contributed by atoms with Crippen LogP contribution in [0, 0.1) is 11.8 Å². The van der Waals surface area contributed by atoms with Crippen LogP contribution in [-0.2, 0) is 38.4 Å². The van der Waals surface area contributed by atoms with Crippen molar-refractivity contribution in [3.05, 3.63) is 60.7 Å². The van der Waals surface area contributed by atoms with Crippen LogP contribution in [0.3, 0.4) is 0 Å². The third-order valence-electron chi connectivity index (χ3n) is 18.0. The molecule has 12 amide bonds. The van der Waals surface area contributed by atoms with Gasteiger partial charge in [0.05, 0.1) is 12.1 Å². The maximum absolute atomic E-state index is 14.7. The highest BCUT2D eigenvalue weighted by molar-refractivity contribution is 7.20. The van der Waals surface area contributed by atoms with Gasteiger partial charge >= 0.3 is 12.1 Å². The first kappa shape index (κ1) is 71.8. The summed E-state index contributed by atoms with van der Waals surface area (Å²) in [7, 11) is 3.33. The largest absolute Gasteiger partial charge is 0.343 e. The summed E-state index contributed by atoms with van der Waals surface area (Å²) >= 11 is 2.30. The Bertz CT molecular complexity index is 3030. The number of anilines is 4. The number of nitrogens with one attached hydrogen (secondary N) is 10. The Balaban J connectivity index is 0.764. The minimum atomic E-state index is -0.931. The van der Waals surface area contributed by atoms with Crippen LogP contribution in [0.5, 0.6) is 0 Å². The Morgan fingerprint density at radius 2 is 0.872 bits per heavy atom. The molecule has 10 N–H and O–H groups in total. The molecule has 6 heterocycles. The fraction of sp³-hybridized carbons (Fsp3) is 0.576. The van der Waals surface area contributed by atoms with E-state index in [-0.39, 0.29) is 59.3 Å². The van der Waals surface area contributed by atoms with Crippen molar-refractivity contribution in [3.8, 4) is 22.5 Å². The van der Waals surface area contributed by atoms with Crippen molar-refractivity contribution < 1.29 is 47.9 Å². The second kappa shape index (κ2) is 35.4. The predicted molar refractivity (Wildman–Crippen MR) is 364 cm³/mol. The molecule has 2 aromatic carbocycles. The van der Waals surface area contributed by atoms with Crippen molar-refractivity contribution in [1.82, 2.24) is 61.5 Å². The maximum Gasteiger partial charge on any atom is 0.317 e. The molecule has 26 nitrogen and oxygen atoms in total. The van der Waals surface area contributed by atoms with Crippen molar-refractivity contribution in [1.29, 1.82) is 0 Å². The fourth-order valence-electron chi connectivity index (χ4n) is 12.3. The van der Waals surface area contributed by atoms with Crippen molar-refractivity contribution in [2.75, 3.05) is 87.7 Å². The van der Waals surface area contributed by atoms with Gasteiger partial charge in [0.25, 0.3) is 0 Å². The van der Waals surface area contributed by atoms with Gasteiger partial charge < -0.3 is 72.8 Å². The molecule has 0 saturated carbocycles. The Labute approximate surface area is 558 Å². The van der Waals surface area contributed by atoms with Crippen molar-refractivity contribution >= 4 is 102 Å². The number of piperidine rings is 2. The number of benzene rings is 2. The molecule has 0 radical (unpaired) electrons. The van der Waals surface area contributed by atoms with Crippen LogP contribution in [0.25, 0.3) is 22.5 Å². The zero-order valence-electron chi connectivity index (χ0n) is 54.9. The summed E-state index contributed by atoms with van der Waals surface area (Å²) in [4.78, 5) is 152. The lowest BCUT2D eigenvalue weighted by Crippen LogP contribution is -2.59. The van der Waals surface area contributed by atoms with Crippen LogP contribution < -0.4 is 53.2 Å². The van der Waals surface area contributed by atoms with Gasteiger partial charge in [-0.25, -0.2) is 19.6 Å². The summed E-state index contributed by atoms with van der Waals surface area (Å²) in [5.41, 5.74) is 2.50. The molecule has 8 rings (SSSR count). The number of urea groups is 2. The van der Waals surface area contributed by atoms with Gasteiger partial charge in [-0.1, -0.05) is 110 Å². The summed E-state index contributed by atoms with van der Waals surface area (Å²) in [6.07, 6.45) is 8.87. The summed E-state index contributed by atoms with van der Waals surface area (Å²) in [6.45, 7) is 10.3. The normalized spacial score (nSPS) is 18.1.